The van der Waals surface area contributed by atoms with Gasteiger partial charge in [0.25, 0.3) is 0 Å². The number of thiol groups is 1. The second-order valence-corrected chi connectivity index (χ2v) is 11.0. The van der Waals surface area contributed by atoms with Crippen molar-refractivity contribution in [1.29, 1.82) is 0 Å². The molecule has 3 rings (SSSR count). The number of nitrogens with zero attached hydrogens (tertiary/aromatic N) is 3. The van der Waals surface area contributed by atoms with Crippen molar-refractivity contribution in [1.82, 2.24) is 24.6 Å². The summed E-state index contributed by atoms with van der Waals surface area (Å²) in [6.45, 7) is 9.36. The fourth-order valence-corrected chi connectivity index (χ4v) is 5.21. The van der Waals surface area contributed by atoms with Crippen LogP contribution in [0.2, 0.25) is 0 Å². The molecule has 210 valence electrons. The molecule has 1 aromatic carbocycles. The minimum atomic E-state index is -0.181. The highest BCUT2D eigenvalue weighted by atomic mass is 32.2. The first kappa shape index (κ1) is 30.3. The van der Waals surface area contributed by atoms with Gasteiger partial charge in [-0.05, 0) is 57.8 Å². The topological polar surface area (TPSA) is 116 Å². The van der Waals surface area contributed by atoms with Gasteiger partial charge in [-0.25, -0.2) is 9.97 Å². The highest BCUT2D eigenvalue weighted by molar-refractivity contribution is 7.96. The van der Waals surface area contributed by atoms with Crippen LogP contribution in [0.3, 0.4) is 0 Å². The first-order valence-corrected chi connectivity index (χ1v) is 15.1. The lowest BCUT2D eigenvalue weighted by Gasteiger charge is -2.27. The van der Waals surface area contributed by atoms with E-state index in [9.17, 15) is 4.79 Å². The Hall–Kier alpha value is -2.21. The number of rotatable bonds is 17. The van der Waals surface area contributed by atoms with Crippen molar-refractivity contribution in [2.75, 3.05) is 37.5 Å². The van der Waals surface area contributed by atoms with Gasteiger partial charge in [0.15, 0.2) is 5.82 Å². The van der Waals surface area contributed by atoms with E-state index in [-0.39, 0.29) is 11.4 Å². The van der Waals surface area contributed by atoms with Gasteiger partial charge in [-0.3, -0.25) is 9.52 Å². The van der Waals surface area contributed by atoms with E-state index in [0.717, 1.165) is 53.7 Å². The quantitative estimate of drug-likeness (QED) is 0.106. The van der Waals surface area contributed by atoms with Crippen LogP contribution in [-0.2, 0) is 22.7 Å². The molecule has 2 heterocycles. The smallest absolute Gasteiger partial charge is 0.220 e. The summed E-state index contributed by atoms with van der Waals surface area (Å²) in [6, 6.07) is 5.99. The number of imidazole rings is 1. The molecule has 2 aromatic heterocycles. The number of carbonyl (C=O) groups excluding carboxylic acids is 1. The standard InChI is InChI=1S/C27H42N6O3S2/c1-5-35-17-22-31-24-25(33(22)18-27(2,3)32-38-4)20-11-10-19(16-21(20)30-26(24)28)36-14-9-7-6-8-13-29-23(34)12-15-37/h10-11,16,32,37H,5-9,12-15,17-18H2,1-4H3,(H2,28,30)(H,29,34). The number of aromatic nitrogens is 3. The van der Waals surface area contributed by atoms with Crippen LogP contribution >= 0.6 is 24.6 Å². The minimum Gasteiger partial charge on any atom is -0.494 e. The van der Waals surface area contributed by atoms with E-state index < -0.39 is 0 Å². The lowest BCUT2D eigenvalue weighted by Crippen LogP contribution is -2.39. The van der Waals surface area contributed by atoms with E-state index in [1.807, 2.05) is 31.4 Å². The number of nitrogens with two attached hydrogens (primary N) is 1. The molecule has 0 aliphatic rings. The van der Waals surface area contributed by atoms with E-state index in [1.54, 1.807) is 11.9 Å². The number of ether oxygens (including phenoxy) is 2. The van der Waals surface area contributed by atoms with E-state index in [4.69, 9.17) is 20.2 Å². The first-order valence-electron chi connectivity index (χ1n) is 13.3. The van der Waals surface area contributed by atoms with Gasteiger partial charge < -0.3 is 25.1 Å². The molecule has 0 radical (unpaired) electrons. The zero-order chi connectivity index (χ0) is 27.5. The zero-order valence-corrected chi connectivity index (χ0v) is 24.7. The molecule has 0 aliphatic carbocycles. The van der Waals surface area contributed by atoms with Crippen molar-refractivity contribution >= 4 is 58.2 Å². The number of hydrogen-bond donors (Lipinski definition) is 4. The molecule has 4 N–H and O–H groups in total. The number of pyridine rings is 1. The summed E-state index contributed by atoms with van der Waals surface area (Å²) in [5.41, 5.74) is 8.66. The van der Waals surface area contributed by atoms with Gasteiger partial charge in [-0.1, -0.05) is 24.8 Å². The number of nitrogen functional groups attached to an aromatic ring is 1. The van der Waals surface area contributed by atoms with Crippen molar-refractivity contribution in [3.05, 3.63) is 24.0 Å². The fraction of sp³-hybridized carbons (Fsp3) is 0.593. The molecule has 9 nitrogen and oxygen atoms in total. The van der Waals surface area contributed by atoms with Gasteiger partial charge in [0.05, 0.1) is 17.6 Å². The van der Waals surface area contributed by atoms with Crippen molar-refractivity contribution in [3.8, 4) is 5.75 Å². The Morgan fingerprint density at radius 1 is 1.21 bits per heavy atom. The molecule has 1 amide bonds. The maximum Gasteiger partial charge on any atom is 0.220 e. The number of fused-ring (bicyclic) bond motifs is 3. The molecule has 0 fully saturated rings. The monoisotopic (exact) mass is 562 g/mol. The molecular weight excluding hydrogens is 520 g/mol. The number of benzene rings is 1. The Labute approximate surface area is 235 Å². The molecule has 0 bridgehead atoms. The summed E-state index contributed by atoms with van der Waals surface area (Å²) in [7, 11) is 0. The van der Waals surface area contributed by atoms with Gasteiger partial charge in [-0.15, -0.1) is 0 Å². The first-order chi connectivity index (χ1) is 18.3. The SMILES string of the molecule is CCOCc1nc2c(N)nc3cc(OCCCCCCNC(=O)CCS)ccc3c2n1CC(C)(C)NSC. The van der Waals surface area contributed by atoms with Crippen LogP contribution in [0.25, 0.3) is 21.9 Å². The van der Waals surface area contributed by atoms with E-state index in [2.05, 4.69) is 46.1 Å². The molecule has 0 atom stereocenters. The molecule has 3 aromatic rings. The Morgan fingerprint density at radius 3 is 2.74 bits per heavy atom. The molecule has 0 saturated heterocycles. The number of carbonyl (C=O) groups is 1. The second kappa shape index (κ2) is 14.8. The van der Waals surface area contributed by atoms with Crippen LogP contribution < -0.4 is 20.5 Å². The Bertz CT molecular complexity index is 1200. The summed E-state index contributed by atoms with van der Waals surface area (Å²) >= 11 is 5.67. The third-order valence-corrected chi connectivity index (χ3v) is 7.10. The molecule has 0 spiro atoms. The number of nitrogens with one attached hydrogen (secondary N) is 2. The highest BCUT2D eigenvalue weighted by Gasteiger charge is 2.24. The van der Waals surface area contributed by atoms with Crippen molar-refractivity contribution in [3.63, 3.8) is 0 Å². The van der Waals surface area contributed by atoms with Gasteiger partial charge in [0.1, 0.15) is 23.7 Å². The van der Waals surface area contributed by atoms with Gasteiger partial charge in [-0.2, -0.15) is 12.6 Å². The van der Waals surface area contributed by atoms with Crippen LogP contribution in [0.15, 0.2) is 18.2 Å². The van der Waals surface area contributed by atoms with E-state index in [0.29, 0.717) is 56.4 Å². The normalized spacial score (nSPS) is 11.9. The summed E-state index contributed by atoms with van der Waals surface area (Å²) in [5, 5.41) is 3.90. The lowest BCUT2D eigenvalue weighted by atomic mass is 10.1. The van der Waals surface area contributed by atoms with Crippen molar-refractivity contribution in [2.24, 2.45) is 0 Å². The van der Waals surface area contributed by atoms with Crippen LogP contribution in [0, 0.1) is 0 Å². The largest absolute Gasteiger partial charge is 0.494 e. The third-order valence-electron chi connectivity index (χ3n) is 6.12. The maximum absolute atomic E-state index is 11.5. The summed E-state index contributed by atoms with van der Waals surface area (Å²) in [4.78, 5) is 21.0. The highest BCUT2D eigenvalue weighted by Crippen LogP contribution is 2.32. The third kappa shape index (κ3) is 8.39. The lowest BCUT2D eigenvalue weighted by molar-refractivity contribution is -0.120. The van der Waals surface area contributed by atoms with E-state index in [1.165, 1.54) is 0 Å². The summed E-state index contributed by atoms with van der Waals surface area (Å²) in [6.07, 6.45) is 6.51. The van der Waals surface area contributed by atoms with E-state index >= 15 is 0 Å². The zero-order valence-electron chi connectivity index (χ0n) is 23.0. The number of amides is 1. The molecule has 38 heavy (non-hydrogen) atoms. The Balaban J connectivity index is 1.71. The van der Waals surface area contributed by atoms with Crippen LogP contribution in [0.1, 0.15) is 58.7 Å². The predicted molar refractivity (Wildman–Crippen MR) is 161 cm³/mol. The van der Waals surface area contributed by atoms with Crippen LogP contribution in [0.4, 0.5) is 5.82 Å². The Kier molecular flexibility index (Phi) is 11.8. The van der Waals surface area contributed by atoms with Crippen LogP contribution in [0.5, 0.6) is 5.75 Å². The van der Waals surface area contributed by atoms with Crippen molar-refractivity contribution in [2.45, 2.75) is 71.6 Å². The molecule has 0 saturated carbocycles. The predicted octanol–water partition coefficient (Wildman–Crippen LogP) is 4.72. The Morgan fingerprint density at radius 2 is 2.00 bits per heavy atom. The minimum absolute atomic E-state index is 0.0695. The second-order valence-electron chi connectivity index (χ2n) is 9.90. The van der Waals surface area contributed by atoms with Gasteiger partial charge in [0, 0.05) is 43.1 Å². The summed E-state index contributed by atoms with van der Waals surface area (Å²) in [5.74, 6) is 2.66. The van der Waals surface area contributed by atoms with Gasteiger partial charge >= 0.3 is 0 Å². The van der Waals surface area contributed by atoms with Gasteiger partial charge in [0.2, 0.25) is 5.91 Å². The number of unbranched alkanes of at least 4 members (excludes halogenated alkanes) is 3. The molecule has 11 heteroatoms. The van der Waals surface area contributed by atoms with Crippen LogP contribution in [-0.4, -0.2) is 57.7 Å². The average molecular weight is 563 g/mol. The average Bonchev–Trinajstić information content (AvgIpc) is 3.22. The number of hydrogen-bond acceptors (Lipinski definition) is 9. The summed E-state index contributed by atoms with van der Waals surface area (Å²) < 4.78 is 17.4. The fourth-order valence-electron chi connectivity index (χ4n) is 4.39. The molecule has 0 unspecified atom stereocenters. The number of anilines is 1. The maximum atomic E-state index is 11.5. The molecular formula is C27H42N6O3S2. The molecule has 0 aliphatic heterocycles. The van der Waals surface area contributed by atoms with Crippen molar-refractivity contribution < 1.29 is 14.3 Å².